The molecule has 2 aromatic carbocycles. The van der Waals surface area contributed by atoms with E-state index >= 15 is 0 Å². The third-order valence-electron chi connectivity index (χ3n) is 5.66. The number of benzene rings is 2. The molecule has 0 unspecified atom stereocenters. The van der Waals surface area contributed by atoms with E-state index in [1.165, 1.54) is 50.3 Å². The molecule has 0 amide bonds. The van der Waals surface area contributed by atoms with Gasteiger partial charge in [0, 0.05) is 17.0 Å². The predicted molar refractivity (Wildman–Crippen MR) is 125 cm³/mol. The van der Waals surface area contributed by atoms with E-state index in [4.69, 9.17) is 0 Å². The summed E-state index contributed by atoms with van der Waals surface area (Å²) in [7, 11) is 0. The zero-order valence-electron chi connectivity index (χ0n) is 17.7. The average Bonchev–Trinajstić information content (AvgIpc) is 2.78. The highest BCUT2D eigenvalue weighted by molar-refractivity contribution is 7.78. The van der Waals surface area contributed by atoms with Gasteiger partial charge in [0.25, 0.3) is 0 Å². The molecule has 4 heteroatoms. The molecular formula is C27H25F2NS. The molecule has 0 aliphatic heterocycles. The molecule has 0 bridgehead atoms. The summed E-state index contributed by atoms with van der Waals surface area (Å²) in [4.78, 5) is 3.62. The van der Waals surface area contributed by atoms with E-state index in [1.807, 2.05) is 0 Å². The lowest BCUT2D eigenvalue weighted by Crippen LogP contribution is -2.13. The number of rotatable bonds is 4. The lowest BCUT2D eigenvalue weighted by Gasteiger charge is -2.25. The first-order valence-corrected chi connectivity index (χ1v) is 11.2. The van der Waals surface area contributed by atoms with Gasteiger partial charge in [0.2, 0.25) is 0 Å². The third kappa shape index (κ3) is 6.86. The van der Waals surface area contributed by atoms with Crippen LogP contribution in [0.2, 0.25) is 0 Å². The Morgan fingerprint density at radius 3 is 2.32 bits per heavy atom. The Balaban J connectivity index is 1.63. The Labute approximate surface area is 189 Å². The smallest absolute Gasteiger partial charge is 0.150 e. The van der Waals surface area contributed by atoms with Gasteiger partial charge in [-0.2, -0.15) is 4.99 Å². The molecule has 2 aromatic rings. The second kappa shape index (κ2) is 11.6. The van der Waals surface area contributed by atoms with Gasteiger partial charge in [0.1, 0.15) is 11.5 Å². The molecule has 3 rings (SSSR count). The van der Waals surface area contributed by atoms with Crippen LogP contribution in [0.4, 0.5) is 14.5 Å². The first kappa shape index (κ1) is 22.9. The molecule has 31 heavy (non-hydrogen) atoms. The second-order valence-electron chi connectivity index (χ2n) is 7.94. The Morgan fingerprint density at radius 1 is 0.935 bits per heavy atom. The summed E-state index contributed by atoms with van der Waals surface area (Å²) in [5.41, 5.74) is 1.44. The maximum Gasteiger partial charge on any atom is 0.150 e. The van der Waals surface area contributed by atoms with Gasteiger partial charge >= 0.3 is 0 Å². The van der Waals surface area contributed by atoms with Gasteiger partial charge in [-0.1, -0.05) is 49.9 Å². The van der Waals surface area contributed by atoms with Crippen LogP contribution in [0.3, 0.4) is 0 Å². The first-order valence-electron chi connectivity index (χ1n) is 10.8. The number of hydrogen-bond acceptors (Lipinski definition) is 2. The molecule has 0 spiro atoms. The van der Waals surface area contributed by atoms with Crippen molar-refractivity contribution in [3.63, 3.8) is 0 Å². The van der Waals surface area contributed by atoms with Gasteiger partial charge in [-0.15, -0.1) is 0 Å². The van der Waals surface area contributed by atoms with E-state index in [0.717, 1.165) is 18.8 Å². The van der Waals surface area contributed by atoms with Crippen LogP contribution >= 0.6 is 12.2 Å². The van der Waals surface area contributed by atoms with Gasteiger partial charge in [-0.05, 0) is 80.2 Å². The lowest BCUT2D eigenvalue weighted by molar-refractivity contribution is 0.296. The van der Waals surface area contributed by atoms with Crippen molar-refractivity contribution in [1.82, 2.24) is 0 Å². The minimum Gasteiger partial charge on any atom is -0.206 e. The van der Waals surface area contributed by atoms with Crippen molar-refractivity contribution >= 4 is 23.1 Å². The summed E-state index contributed by atoms with van der Waals surface area (Å²) in [6.07, 6.45) is 8.69. The molecule has 0 radical (unpaired) electrons. The Bertz CT molecular complexity index is 1090. The van der Waals surface area contributed by atoms with Crippen LogP contribution in [0.1, 0.15) is 68.6 Å². The zero-order valence-corrected chi connectivity index (χ0v) is 18.5. The molecule has 0 N–H and O–H groups in total. The number of aliphatic imine (C=N–C) groups is 1. The van der Waals surface area contributed by atoms with Gasteiger partial charge < -0.3 is 0 Å². The number of hydrogen-bond donors (Lipinski definition) is 0. The second-order valence-corrected chi connectivity index (χ2v) is 8.13. The molecule has 158 valence electrons. The van der Waals surface area contributed by atoms with E-state index < -0.39 is 11.6 Å². The van der Waals surface area contributed by atoms with Crippen LogP contribution in [0, 0.1) is 47.2 Å². The molecule has 0 heterocycles. The Hall–Kier alpha value is -2.78. The third-order valence-corrected chi connectivity index (χ3v) is 5.75. The first-order chi connectivity index (χ1) is 15.1. The quantitative estimate of drug-likeness (QED) is 0.277. The highest BCUT2D eigenvalue weighted by atomic mass is 32.1. The highest BCUT2D eigenvalue weighted by Gasteiger charge is 2.19. The van der Waals surface area contributed by atoms with Crippen LogP contribution < -0.4 is 0 Å². The number of isothiocyanates is 1. The standard InChI is InChI=1S/C27H25F2NS/c1-2-3-4-20-5-7-21(8-6-20)9-10-22-11-14-24(25(28)17-22)15-12-23-13-16-27(30-19-31)26(29)18-23/h11,13-14,16-18,20-21H,2-8H2,1H3. The van der Waals surface area contributed by atoms with Crippen molar-refractivity contribution in [3.05, 3.63) is 64.7 Å². The molecule has 1 aliphatic carbocycles. The van der Waals surface area contributed by atoms with Crippen molar-refractivity contribution in [3.8, 4) is 23.7 Å². The largest absolute Gasteiger partial charge is 0.206 e. The highest BCUT2D eigenvalue weighted by Crippen LogP contribution is 2.31. The Morgan fingerprint density at radius 2 is 1.65 bits per heavy atom. The fraction of sp³-hybridized carbons (Fsp3) is 0.370. The van der Waals surface area contributed by atoms with Crippen LogP contribution in [0.5, 0.6) is 0 Å². The molecule has 1 saturated carbocycles. The van der Waals surface area contributed by atoms with Crippen LogP contribution in [-0.4, -0.2) is 5.16 Å². The molecule has 0 atom stereocenters. The molecule has 1 fully saturated rings. The summed E-state index contributed by atoms with van der Waals surface area (Å²) >= 11 is 4.48. The van der Waals surface area contributed by atoms with Crippen LogP contribution in [-0.2, 0) is 0 Å². The van der Waals surface area contributed by atoms with E-state index in [1.54, 1.807) is 18.2 Å². The number of nitrogens with zero attached hydrogens (tertiary/aromatic N) is 1. The average molecular weight is 434 g/mol. The molecule has 0 saturated heterocycles. The minimum atomic E-state index is -0.547. The molecule has 1 nitrogen and oxygen atoms in total. The number of unbranched alkanes of at least 4 members (excludes halogenated alkanes) is 1. The van der Waals surface area contributed by atoms with E-state index in [2.05, 4.69) is 53.0 Å². The Kier molecular flexibility index (Phi) is 8.54. The minimum absolute atomic E-state index is 0.101. The maximum absolute atomic E-state index is 14.5. The summed E-state index contributed by atoms with van der Waals surface area (Å²) in [5.74, 6) is 12.3. The fourth-order valence-corrected chi connectivity index (χ4v) is 3.93. The van der Waals surface area contributed by atoms with Crippen molar-refractivity contribution in [2.24, 2.45) is 16.8 Å². The van der Waals surface area contributed by atoms with Crippen molar-refractivity contribution in [2.45, 2.75) is 51.9 Å². The van der Waals surface area contributed by atoms with E-state index in [-0.39, 0.29) is 11.3 Å². The van der Waals surface area contributed by atoms with E-state index in [0.29, 0.717) is 17.0 Å². The van der Waals surface area contributed by atoms with Gasteiger partial charge in [-0.25, -0.2) is 8.78 Å². The monoisotopic (exact) mass is 433 g/mol. The van der Waals surface area contributed by atoms with E-state index in [9.17, 15) is 8.78 Å². The number of thiocarbonyl (C=S) groups is 1. The summed E-state index contributed by atoms with van der Waals surface area (Å²) in [5, 5.41) is 2.13. The van der Waals surface area contributed by atoms with Crippen LogP contribution in [0.15, 0.2) is 41.4 Å². The SMILES string of the molecule is CCCCC1CCC(C#Cc2ccc(C#Cc3ccc(N=C=S)c(F)c3)c(F)c2)CC1. The molecule has 1 aliphatic rings. The maximum atomic E-state index is 14.5. The van der Waals surface area contributed by atoms with Gasteiger partial charge in [0.05, 0.1) is 10.7 Å². The number of halogens is 2. The molecule has 0 aromatic heterocycles. The summed E-state index contributed by atoms with van der Waals surface area (Å²) in [6.45, 7) is 2.24. The topological polar surface area (TPSA) is 12.4 Å². The lowest BCUT2D eigenvalue weighted by atomic mass is 9.80. The van der Waals surface area contributed by atoms with Crippen LogP contribution in [0.25, 0.3) is 0 Å². The van der Waals surface area contributed by atoms with Crippen molar-refractivity contribution in [2.75, 3.05) is 0 Å². The summed E-state index contributed by atoms with van der Waals surface area (Å²) < 4.78 is 28.3. The molecular weight excluding hydrogens is 408 g/mol. The van der Waals surface area contributed by atoms with Crippen molar-refractivity contribution < 1.29 is 8.78 Å². The van der Waals surface area contributed by atoms with Gasteiger partial charge in [0.15, 0.2) is 5.82 Å². The van der Waals surface area contributed by atoms with Crippen molar-refractivity contribution in [1.29, 1.82) is 0 Å². The normalized spacial score (nSPS) is 17.5. The summed E-state index contributed by atoms with van der Waals surface area (Å²) in [6, 6.07) is 9.14. The predicted octanol–water partition coefficient (Wildman–Crippen LogP) is 7.45. The van der Waals surface area contributed by atoms with Gasteiger partial charge in [-0.3, -0.25) is 0 Å². The fourth-order valence-electron chi connectivity index (χ4n) is 3.83. The zero-order chi connectivity index (χ0) is 22.1.